The zero-order valence-electron chi connectivity index (χ0n) is 15.7. The van der Waals surface area contributed by atoms with Crippen LogP contribution in [0.25, 0.3) is 0 Å². The average Bonchev–Trinajstić information content (AvgIpc) is 2.53. The first kappa shape index (κ1) is 19.4. The highest BCUT2D eigenvalue weighted by molar-refractivity contribution is 8.00. The van der Waals surface area contributed by atoms with E-state index in [1.807, 2.05) is 30.0 Å². The Morgan fingerprint density at radius 1 is 1.11 bits per heavy atom. The van der Waals surface area contributed by atoms with Crippen LogP contribution in [0.15, 0.2) is 41.3 Å². The molecule has 1 amide bonds. The molecule has 0 atom stereocenters. The third-order valence-corrected chi connectivity index (χ3v) is 5.95. The van der Waals surface area contributed by atoms with Gasteiger partial charge in [0.2, 0.25) is 0 Å². The first-order valence-electron chi connectivity index (χ1n) is 8.66. The van der Waals surface area contributed by atoms with Crippen LogP contribution in [0.4, 0.5) is 10.1 Å². The van der Waals surface area contributed by atoms with Crippen molar-refractivity contribution in [1.29, 1.82) is 0 Å². The number of carbonyl (C=O) groups is 2. The van der Waals surface area contributed by atoms with Crippen LogP contribution >= 0.6 is 11.8 Å². The lowest BCUT2D eigenvalue weighted by Gasteiger charge is -2.41. The average molecular weight is 387 g/mol. The summed E-state index contributed by atoms with van der Waals surface area (Å²) in [6, 6.07) is 9.16. The van der Waals surface area contributed by atoms with Crippen molar-refractivity contribution in [2.75, 3.05) is 5.32 Å². The van der Waals surface area contributed by atoms with Gasteiger partial charge in [-0.2, -0.15) is 0 Å². The van der Waals surface area contributed by atoms with Gasteiger partial charge in [-0.15, -0.1) is 11.8 Å². The molecular weight excluding hydrogens is 365 g/mol. The molecule has 0 unspecified atom stereocenters. The number of thioether (sulfide) groups is 1. The molecule has 4 nitrogen and oxygen atoms in total. The Balaban J connectivity index is 1.86. The third-order valence-electron chi connectivity index (χ3n) is 4.68. The third kappa shape index (κ3) is 4.00. The summed E-state index contributed by atoms with van der Waals surface area (Å²) in [5.41, 5.74) is 1.40. The molecule has 0 aromatic heterocycles. The first-order valence-corrected chi connectivity index (χ1v) is 9.48. The van der Waals surface area contributed by atoms with Gasteiger partial charge in [0.15, 0.2) is 0 Å². The smallest absolute Gasteiger partial charge is 0.338 e. The van der Waals surface area contributed by atoms with E-state index in [0.29, 0.717) is 5.69 Å². The topological polar surface area (TPSA) is 66.4 Å². The number of rotatable bonds is 3. The largest absolute Gasteiger partial charge is 0.478 e. The Hall–Kier alpha value is -2.34. The molecule has 27 heavy (non-hydrogen) atoms. The zero-order valence-corrected chi connectivity index (χ0v) is 16.5. The number of aromatic carboxylic acids is 1. The molecule has 0 bridgehead atoms. The minimum absolute atomic E-state index is 0.0277. The maximum atomic E-state index is 13.8. The number of benzene rings is 2. The van der Waals surface area contributed by atoms with Crippen LogP contribution in [-0.4, -0.2) is 21.7 Å². The molecule has 6 heteroatoms. The van der Waals surface area contributed by atoms with E-state index in [4.69, 9.17) is 5.11 Å². The lowest BCUT2D eigenvalue weighted by atomic mass is 9.77. The van der Waals surface area contributed by atoms with Crippen molar-refractivity contribution in [2.45, 2.75) is 49.2 Å². The van der Waals surface area contributed by atoms with Gasteiger partial charge in [-0.05, 0) is 53.8 Å². The number of nitrogens with one attached hydrogen (secondary N) is 1. The summed E-state index contributed by atoms with van der Waals surface area (Å²) < 4.78 is 14.0. The van der Waals surface area contributed by atoms with Gasteiger partial charge in [0.05, 0.1) is 5.56 Å². The number of carboxylic acid groups (broad SMARTS) is 1. The first-order chi connectivity index (χ1) is 12.5. The highest BCUT2D eigenvalue weighted by Crippen LogP contribution is 2.51. The van der Waals surface area contributed by atoms with Gasteiger partial charge in [0.1, 0.15) is 5.82 Å². The van der Waals surface area contributed by atoms with Crippen molar-refractivity contribution in [3.8, 4) is 0 Å². The number of carbonyl (C=O) groups excluding carboxylic acids is 1. The van der Waals surface area contributed by atoms with Gasteiger partial charge < -0.3 is 10.4 Å². The van der Waals surface area contributed by atoms with Crippen molar-refractivity contribution < 1.29 is 19.1 Å². The molecule has 0 saturated heterocycles. The fourth-order valence-corrected chi connectivity index (χ4v) is 5.36. The van der Waals surface area contributed by atoms with Crippen LogP contribution in [0, 0.1) is 5.82 Å². The molecule has 1 aliphatic heterocycles. The second kappa shape index (κ2) is 6.68. The van der Waals surface area contributed by atoms with Crippen LogP contribution in [-0.2, 0) is 5.41 Å². The Morgan fingerprint density at radius 2 is 1.81 bits per heavy atom. The summed E-state index contributed by atoms with van der Waals surface area (Å²) in [6.45, 7) is 8.85. The summed E-state index contributed by atoms with van der Waals surface area (Å²) in [6.07, 6.45) is 1.01. The van der Waals surface area contributed by atoms with Gasteiger partial charge in [0, 0.05) is 20.9 Å². The van der Waals surface area contributed by atoms with Crippen molar-refractivity contribution in [1.82, 2.24) is 0 Å². The number of amides is 1. The fraction of sp³-hybridized carbons (Fsp3) is 0.333. The lowest BCUT2D eigenvalue weighted by molar-refractivity contribution is 0.0691. The van der Waals surface area contributed by atoms with E-state index in [1.165, 1.54) is 16.5 Å². The van der Waals surface area contributed by atoms with E-state index >= 15 is 0 Å². The Morgan fingerprint density at radius 3 is 2.44 bits per heavy atom. The number of hydrogen-bond acceptors (Lipinski definition) is 3. The normalized spacial score (nSPS) is 17.1. The van der Waals surface area contributed by atoms with Crippen molar-refractivity contribution in [2.24, 2.45) is 0 Å². The maximum Gasteiger partial charge on any atom is 0.338 e. The van der Waals surface area contributed by atoms with E-state index in [1.54, 1.807) is 0 Å². The standard InChI is InChI=1S/C21H22FNO3S/c1-20(2)11-21(3,4)27-17-8-6-13(10-15(17)20)23-18(24)12-5-7-14(19(25)26)16(22)9-12/h5-10H,11H2,1-4H3,(H,23,24)(H,25,26). The summed E-state index contributed by atoms with van der Waals surface area (Å²) in [5, 5.41) is 11.7. The minimum atomic E-state index is -1.36. The number of anilines is 1. The van der Waals surface area contributed by atoms with E-state index in [9.17, 15) is 14.0 Å². The summed E-state index contributed by atoms with van der Waals surface area (Å²) in [7, 11) is 0. The van der Waals surface area contributed by atoms with Gasteiger partial charge >= 0.3 is 5.97 Å². The molecule has 142 valence electrons. The SMILES string of the molecule is CC1(C)CC(C)(C)c2cc(NC(=O)c3ccc(C(=O)O)c(F)c3)ccc2S1. The van der Waals surface area contributed by atoms with Crippen molar-refractivity contribution >= 4 is 29.3 Å². The van der Waals surface area contributed by atoms with Gasteiger partial charge in [-0.1, -0.05) is 27.7 Å². The van der Waals surface area contributed by atoms with Crippen molar-refractivity contribution in [3.63, 3.8) is 0 Å². The zero-order chi connectivity index (χ0) is 20.0. The quantitative estimate of drug-likeness (QED) is 0.747. The molecule has 2 N–H and O–H groups in total. The molecule has 0 radical (unpaired) electrons. The second-order valence-corrected chi connectivity index (χ2v) is 9.84. The molecule has 0 spiro atoms. The highest BCUT2D eigenvalue weighted by atomic mass is 32.2. The molecule has 2 aromatic rings. The van der Waals surface area contributed by atoms with Crippen LogP contribution in [0.3, 0.4) is 0 Å². The molecule has 1 aliphatic rings. The summed E-state index contributed by atoms with van der Waals surface area (Å²) in [5.74, 6) is -2.77. The predicted octanol–water partition coefficient (Wildman–Crippen LogP) is 5.33. The summed E-state index contributed by atoms with van der Waals surface area (Å²) >= 11 is 1.83. The van der Waals surface area contributed by atoms with E-state index in [0.717, 1.165) is 18.6 Å². The van der Waals surface area contributed by atoms with Crippen LogP contribution in [0.1, 0.15) is 60.4 Å². The van der Waals surface area contributed by atoms with Crippen LogP contribution in [0.5, 0.6) is 0 Å². The van der Waals surface area contributed by atoms with E-state index < -0.39 is 23.3 Å². The molecule has 3 rings (SSSR count). The maximum absolute atomic E-state index is 13.8. The van der Waals surface area contributed by atoms with Gasteiger partial charge in [0.25, 0.3) is 5.91 Å². The molecule has 2 aromatic carbocycles. The molecular formula is C21H22FNO3S. The predicted molar refractivity (Wildman–Crippen MR) is 105 cm³/mol. The minimum Gasteiger partial charge on any atom is -0.478 e. The lowest BCUT2D eigenvalue weighted by Crippen LogP contribution is -2.33. The fourth-order valence-electron chi connectivity index (χ4n) is 3.75. The van der Waals surface area contributed by atoms with E-state index in [2.05, 4.69) is 33.0 Å². The number of halogens is 1. The Bertz CT molecular complexity index is 937. The second-order valence-electron chi connectivity index (χ2n) is 8.09. The van der Waals surface area contributed by atoms with Gasteiger partial charge in [-0.25, -0.2) is 9.18 Å². The van der Waals surface area contributed by atoms with Crippen molar-refractivity contribution in [3.05, 3.63) is 58.9 Å². The Kier molecular flexibility index (Phi) is 4.80. The highest BCUT2D eigenvalue weighted by Gasteiger charge is 2.38. The number of fused-ring (bicyclic) bond motifs is 1. The molecule has 0 aliphatic carbocycles. The monoisotopic (exact) mass is 387 g/mol. The number of carboxylic acids is 1. The number of hydrogen-bond donors (Lipinski definition) is 2. The van der Waals surface area contributed by atoms with Gasteiger partial charge in [-0.3, -0.25) is 4.79 Å². The van der Waals surface area contributed by atoms with Crippen LogP contribution < -0.4 is 5.32 Å². The molecule has 1 heterocycles. The molecule has 0 fully saturated rings. The summed E-state index contributed by atoms with van der Waals surface area (Å²) in [4.78, 5) is 24.5. The molecule has 0 saturated carbocycles. The van der Waals surface area contributed by atoms with Crippen LogP contribution in [0.2, 0.25) is 0 Å². The van der Waals surface area contributed by atoms with E-state index in [-0.39, 0.29) is 15.7 Å². The Labute approximate surface area is 162 Å².